The van der Waals surface area contributed by atoms with Gasteiger partial charge in [0.1, 0.15) is 11.9 Å². The maximum absolute atomic E-state index is 12.0. The van der Waals surface area contributed by atoms with E-state index in [0.29, 0.717) is 31.0 Å². The molecule has 0 aromatic carbocycles. The number of hydrogen-bond donors (Lipinski definition) is 1. The zero-order chi connectivity index (χ0) is 13.3. The molecule has 0 fully saturated rings. The quantitative estimate of drug-likeness (QED) is 0.868. The molecule has 2 rings (SSSR count). The maximum Gasteiger partial charge on any atom is 0.256 e. The van der Waals surface area contributed by atoms with Crippen LogP contribution in [0.3, 0.4) is 0 Å². The molecular weight excluding hydrogens is 232 g/mol. The van der Waals surface area contributed by atoms with Gasteiger partial charge in [0, 0.05) is 13.5 Å². The fourth-order valence-corrected chi connectivity index (χ4v) is 2.26. The molecule has 1 unspecified atom stereocenters. The van der Waals surface area contributed by atoms with Gasteiger partial charge < -0.3 is 14.5 Å². The zero-order valence-corrected chi connectivity index (χ0v) is 11.4. The van der Waals surface area contributed by atoms with Crippen LogP contribution >= 0.6 is 0 Å². The topological polar surface area (TPSA) is 64.2 Å². The minimum absolute atomic E-state index is 0.110. The first-order valence-corrected chi connectivity index (χ1v) is 6.16. The van der Waals surface area contributed by atoms with Crippen LogP contribution in [-0.4, -0.2) is 23.7 Å². The van der Waals surface area contributed by atoms with Gasteiger partial charge in [-0.1, -0.05) is 20.8 Å². The van der Waals surface area contributed by atoms with Crippen molar-refractivity contribution in [2.45, 2.75) is 39.9 Å². The molecule has 100 valence electrons. The van der Waals surface area contributed by atoms with Crippen molar-refractivity contribution < 1.29 is 9.47 Å². The van der Waals surface area contributed by atoms with Gasteiger partial charge in [-0.15, -0.1) is 0 Å². The van der Waals surface area contributed by atoms with E-state index in [2.05, 4.69) is 30.7 Å². The molecule has 0 saturated heterocycles. The highest BCUT2D eigenvalue weighted by Gasteiger charge is 2.29. The fraction of sp³-hybridized carbons (Fsp3) is 0.692. The van der Waals surface area contributed by atoms with Gasteiger partial charge in [-0.05, 0) is 5.41 Å². The first kappa shape index (κ1) is 13.2. The molecule has 0 spiro atoms. The number of aromatic amines is 1. The van der Waals surface area contributed by atoms with E-state index in [1.54, 1.807) is 7.11 Å². The Balaban J connectivity index is 2.46. The van der Waals surface area contributed by atoms with Crippen molar-refractivity contribution in [3.8, 4) is 0 Å². The number of nitrogens with zero attached hydrogens (tertiary/aromatic N) is 1. The summed E-state index contributed by atoms with van der Waals surface area (Å²) in [5.41, 5.74) is 1.26. The lowest BCUT2D eigenvalue weighted by atomic mass is 9.88. The van der Waals surface area contributed by atoms with Crippen molar-refractivity contribution in [1.82, 2.24) is 9.97 Å². The molecule has 0 amide bonds. The van der Waals surface area contributed by atoms with Gasteiger partial charge in [0.05, 0.1) is 24.5 Å². The number of fused-ring (bicyclic) bond motifs is 1. The Kier molecular flexibility index (Phi) is 3.54. The lowest BCUT2D eigenvalue weighted by molar-refractivity contribution is 0.00784. The van der Waals surface area contributed by atoms with Crippen molar-refractivity contribution >= 4 is 0 Å². The van der Waals surface area contributed by atoms with Gasteiger partial charge in [0.15, 0.2) is 0 Å². The lowest BCUT2D eigenvalue weighted by Crippen LogP contribution is -2.30. The Hall–Kier alpha value is -1.20. The summed E-state index contributed by atoms with van der Waals surface area (Å²) in [4.78, 5) is 19.4. The molecule has 0 aliphatic carbocycles. The average Bonchev–Trinajstić information content (AvgIpc) is 2.28. The summed E-state index contributed by atoms with van der Waals surface area (Å²) in [5.74, 6) is 0.607. The monoisotopic (exact) mass is 252 g/mol. The van der Waals surface area contributed by atoms with Gasteiger partial charge in [-0.3, -0.25) is 4.79 Å². The maximum atomic E-state index is 12.0. The molecule has 1 aliphatic rings. The number of rotatable bonds is 2. The molecule has 2 heterocycles. The van der Waals surface area contributed by atoms with Crippen molar-refractivity contribution in [3.05, 3.63) is 27.4 Å². The van der Waals surface area contributed by atoms with E-state index in [1.165, 1.54) is 0 Å². The van der Waals surface area contributed by atoms with E-state index in [4.69, 9.17) is 9.47 Å². The van der Waals surface area contributed by atoms with E-state index in [1.807, 2.05) is 0 Å². The molecule has 0 saturated carbocycles. The molecule has 1 aromatic heterocycles. The van der Waals surface area contributed by atoms with Crippen LogP contribution < -0.4 is 5.56 Å². The summed E-state index contributed by atoms with van der Waals surface area (Å²) in [7, 11) is 1.64. The van der Waals surface area contributed by atoms with Gasteiger partial charge in [0.25, 0.3) is 5.56 Å². The third kappa shape index (κ3) is 2.47. The number of H-pyrrole nitrogens is 1. The third-order valence-corrected chi connectivity index (χ3v) is 3.12. The SMILES string of the molecule is COC(c1nc2c(c(=O)[nH]1)COCC2)C(C)(C)C. The average molecular weight is 252 g/mol. The predicted octanol–water partition coefficient (Wildman–Crippen LogP) is 1.58. The molecule has 1 atom stereocenters. The lowest BCUT2D eigenvalue weighted by Gasteiger charge is -2.29. The Morgan fingerprint density at radius 1 is 1.44 bits per heavy atom. The highest BCUT2D eigenvalue weighted by molar-refractivity contribution is 5.20. The number of methoxy groups -OCH3 is 1. The second kappa shape index (κ2) is 4.82. The van der Waals surface area contributed by atoms with Gasteiger partial charge in [0.2, 0.25) is 0 Å². The highest BCUT2D eigenvalue weighted by atomic mass is 16.5. The van der Waals surface area contributed by atoms with Crippen LogP contribution in [0.2, 0.25) is 0 Å². The number of nitrogens with one attached hydrogen (secondary N) is 1. The standard InChI is InChI=1S/C13H20N2O3/c1-13(2,3)10(17-4)11-14-9-5-6-18-7-8(9)12(16)15-11/h10H,5-7H2,1-4H3,(H,14,15,16). The molecule has 5 heteroatoms. The molecule has 0 radical (unpaired) electrons. The molecule has 1 N–H and O–H groups in total. The molecule has 1 aliphatic heterocycles. The van der Waals surface area contributed by atoms with E-state index < -0.39 is 0 Å². The highest BCUT2D eigenvalue weighted by Crippen LogP contribution is 2.33. The fourth-order valence-electron chi connectivity index (χ4n) is 2.26. The third-order valence-electron chi connectivity index (χ3n) is 3.12. The van der Waals surface area contributed by atoms with Gasteiger partial charge in [-0.2, -0.15) is 0 Å². The second-order valence-electron chi connectivity index (χ2n) is 5.66. The van der Waals surface area contributed by atoms with E-state index in [9.17, 15) is 4.79 Å². The summed E-state index contributed by atoms with van der Waals surface area (Å²) < 4.78 is 10.8. The Labute approximate surface area is 107 Å². The Morgan fingerprint density at radius 2 is 2.17 bits per heavy atom. The van der Waals surface area contributed by atoms with Crippen LogP contribution in [0.15, 0.2) is 4.79 Å². The largest absolute Gasteiger partial charge is 0.376 e. The minimum atomic E-state index is -0.224. The zero-order valence-electron chi connectivity index (χ0n) is 11.4. The Morgan fingerprint density at radius 3 is 2.78 bits per heavy atom. The summed E-state index contributed by atoms with van der Waals surface area (Å²) >= 11 is 0. The first-order valence-electron chi connectivity index (χ1n) is 6.16. The number of aromatic nitrogens is 2. The minimum Gasteiger partial charge on any atom is -0.376 e. The predicted molar refractivity (Wildman–Crippen MR) is 67.4 cm³/mol. The Bertz CT molecular complexity index is 488. The van der Waals surface area contributed by atoms with Crippen LogP contribution in [0.5, 0.6) is 0 Å². The smallest absolute Gasteiger partial charge is 0.256 e. The summed E-state index contributed by atoms with van der Waals surface area (Å²) in [6, 6.07) is 0. The summed E-state index contributed by atoms with van der Waals surface area (Å²) in [5, 5.41) is 0. The van der Waals surface area contributed by atoms with Crippen molar-refractivity contribution in [2.24, 2.45) is 5.41 Å². The van der Waals surface area contributed by atoms with Crippen LogP contribution in [0.25, 0.3) is 0 Å². The second-order valence-corrected chi connectivity index (χ2v) is 5.66. The van der Waals surface area contributed by atoms with Crippen LogP contribution in [0.1, 0.15) is 44.0 Å². The van der Waals surface area contributed by atoms with Gasteiger partial charge >= 0.3 is 0 Å². The normalized spacial score (nSPS) is 17.3. The van der Waals surface area contributed by atoms with E-state index >= 15 is 0 Å². The molecule has 0 bridgehead atoms. The molecule has 1 aromatic rings. The molecule has 18 heavy (non-hydrogen) atoms. The van der Waals surface area contributed by atoms with Crippen molar-refractivity contribution in [3.63, 3.8) is 0 Å². The van der Waals surface area contributed by atoms with Crippen LogP contribution in [0, 0.1) is 5.41 Å². The van der Waals surface area contributed by atoms with E-state index in [-0.39, 0.29) is 17.1 Å². The summed E-state index contributed by atoms with van der Waals surface area (Å²) in [6.45, 7) is 7.15. The van der Waals surface area contributed by atoms with E-state index in [0.717, 1.165) is 5.69 Å². The molecule has 5 nitrogen and oxygen atoms in total. The van der Waals surface area contributed by atoms with Crippen LogP contribution in [-0.2, 0) is 22.5 Å². The van der Waals surface area contributed by atoms with Crippen molar-refractivity contribution in [2.75, 3.05) is 13.7 Å². The molecular formula is C13H20N2O3. The number of ether oxygens (including phenoxy) is 2. The number of hydrogen-bond acceptors (Lipinski definition) is 4. The van der Waals surface area contributed by atoms with Crippen molar-refractivity contribution in [1.29, 1.82) is 0 Å². The van der Waals surface area contributed by atoms with Crippen LogP contribution in [0.4, 0.5) is 0 Å². The first-order chi connectivity index (χ1) is 8.43. The summed E-state index contributed by atoms with van der Waals surface area (Å²) in [6.07, 6.45) is 0.464. The van der Waals surface area contributed by atoms with Gasteiger partial charge in [-0.25, -0.2) is 4.98 Å².